The van der Waals surface area contributed by atoms with Gasteiger partial charge < -0.3 is 9.84 Å². The molecule has 1 aromatic carbocycles. The fourth-order valence-corrected chi connectivity index (χ4v) is 2.34. The Kier molecular flexibility index (Phi) is 2.76. The molecule has 3 rings (SSSR count). The van der Waals surface area contributed by atoms with Gasteiger partial charge in [0.2, 0.25) is 0 Å². The van der Waals surface area contributed by atoms with Crippen LogP contribution in [0.25, 0.3) is 0 Å². The van der Waals surface area contributed by atoms with Gasteiger partial charge in [0.05, 0.1) is 6.10 Å². The van der Waals surface area contributed by atoms with Gasteiger partial charge in [-0.15, -0.1) is 0 Å². The zero-order valence-corrected chi connectivity index (χ0v) is 10.2. The molecule has 2 aromatic rings. The number of aliphatic hydroxyl groups excluding tert-OH is 1. The monoisotopic (exact) mass is 241 g/mol. The quantitative estimate of drug-likeness (QED) is 0.834. The van der Waals surface area contributed by atoms with E-state index in [2.05, 4.69) is 4.98 Å². The Morgan fingerprint density at radius 2 is 2.22 bits per heavy atom. The SMILES string of the molecule is Cc1ccc2c(c1)[C@H](O)CC(c1cccnc1)O2. The molecule has 0 saturated heterocycles. The highest BCUT2D eigenvalue weighted by atomic mass is 16.5. The number of rotatable bonds is 1. The summed E-state index contributed by atoms with van der Waals surface area (Å²) in [5.41, 5.74) is 3.02. The number of benzene rings is 1. The van der Waals surface area contributed by atoms with Gasteiger partial charge in [0.1, 0.15) is 11.9 Å². The van der Waals surface area contributed by atoms with Crippen LogP contribution in [0.5, 0.6) is 5.75 Å². The normalized spacial score (nSPS) is 22.1. The fourth-order valence-electron chi connectivity index (χ4n) is 2.34. The minimum Gasteiger partial charge on any atom is -0.485 e. The van der Waals surface area contributed by atoms with Crippen molar-refractivity contribution >= 4 is 0 Å². The Morgan fingerprint density at radius 3 is 3.00 bits per heavy atom. The van der Waals surface area contributed by atoms with Crippen LogP contribution in [0.4, 0.5) is 0 Å². The van der Waals surface area contributed by atoms with Crippen molar-refractivity contribution in [2.75, 3.05) is 0 Å². The molecule has 0 radical (unpaired) electrons. The lowest BCUT2D eigenvalue weighted by molar-refractivity contribution is 0.0655. The average Bonchev–Trinajstić information content (AvgIpc) is 2.40. The molecule has 1 aliphatic heterocycles. The summed E-state index contributed by atoms with van der Waals surface area (Å²) >= 11 is 0. The summed E-state index contributed by atoms with van der Waals surface area (Å²) in [5, 5.41) is 10.2. The molecule has 3 nitrogen and oxygen atoms in total. The molecule has 3 heteroatoms. The Labute approximate surface area is 106 Å². The summed E-state index contributed by atoms with van der Waals surface area (Å²) in [6.07, 6.45) is 3.50. The third-order valence-electron chi connectivity index (χ3n) is 3.29. The van der Waals surface area contributed by atoms with Crippen molar-refractivity contribution in [2.45, 2.75) is 25.6 Å². The van der Waals surface area contributed by atoms with Crippen molar-refractivity contribution in [3.05, 3.63) is 59.4 Å². The molecule has 1 unspecified atom stereocenters. The second-order valence-corrected chi connectivity index (χ2v) is 4.69. The van der Waals surface area contributed by atoms with Crippen LogP contribution >= 0.6 is 0 Å². The molecular weight excluding hydrogens is 226 g/mol. The molecule has 1 aromatic heterocycles. The number of pyridine rings is 1. The van der Waals surface area contributed by atoms with E-state index in [9.17, 15) is 5.11 Å². The number of fused-ring (bicyclic) bond motifs is 1. The first-order valence-corrected chi connectivity index (χ1v) is 6.09. The van der Waals surface area contributed by atoms with Crippen molar-refractivity contribution in [3.63, 3.8) is 0 Å². The van der Waals surface area contributed by atoms with Crippen LogP contribution in [-0.2, 0) is 0 Å². The van der Waals surface area contributed by atoms with Gasteiger partial charge in [-0.2, -0.15) is 0 Å². The van der Waals surface area contributed by atoms with E-state index < -0.39 is 6.10 Å². The Morgan fingerprint density at radius 1 is 1.33 bits per heavy atom. The Hall–Kier alpha value is -1.87. The summed E-state index contributed by atoms with van der Waals surface area (Å²) in [5.74, 6) is 0.771. The highest BCUT2D eigenvalue weighted by Gasteiger charge is 2.27. The zero-order chi connectivity index (χ0) is 12.5. The lowest BCUT2D eigenvalue weighted by Crippen LogP contribution is -2.19. The van der Waals surface area contributed by atoms with Crippen molar-refractivity contribution in [1.29, 1.82) is 0 Å². The molecule has 92 valence electrons. The average molecular weight is 241 g/mol. The lowest BCUT2D eigenvalue weighted by atomic mass is 9.95. The molecule has 1 N–H and O–H groups in total. The van der Waals surface area contributed by atoms with Crippen LogP contribution in [0, 0.1) is 6.92 Å². The number of ether oxygens (including phenoxy) is 1. The van der Waals surface area contributed by atoms with Crippen LogP contribution in [0.15, 0.2) is 42.7 Å². The highest BCUT2D eigenvalue weighted by molar-refractivity contribution is 5.40. The maximum absolute atomic E-state index is 10.2. The predicted molar refractivity (Wildman–Crippen MR) is 68.4 cm³/mol. The number of aromatic nitrogens is 1. The first-order chi connectivity index (χ1) is 8.74. The maximum Gasteiger partial charge on any atom is 0.128 e. The minimum atomic E-state index is -0.473. The van der Waals surface area contributed by atoms with Crippen LogP contribution in [-0.4, -0.2) is 10.1 Å². The molecule has 0 bridgehead atoms. The first kappa shape index (κ1) is 11.2. The molecule has 0 fully saturated rings. The number of nitrogens with zero attached hydrogens (tertiary/aromatic N) is 1. The fraction of sp³-hybridized carbons (Fsp3) is 0.267. The second-order valence-electron chi connectivity index (χ2n) is 4.69. The van der Waals surface area contributed by atoms with Crippen molar-refractivity contribution in [3.8, 4) is 5.75 Å². The topological polar surface area (TPSA) is 42.4 Å². The molecule has 18 heavy (non-hydrogen) atoms. The van der Waals surface area contributed by atoms with E-state index in [-0.39, 0.29) is 6.10 Å². The molecule has 2 heterocycles. The first-order valence-electron chi connectivity index (χ1n) is 6.09. The van der Waals surface area contributed by atoms with E-state index in [4.69, 9.17) is 4.74 Å². The van der Waals surface area contributed by atoms with Gasteiger partial charge >= 0.3 is 0 Å². The summed E-state index contributed by atoms with van der Waals surface area (Å²) in [7, 11) is 0. The highest BCUT2D eigenvalue weighted by Crippen LogP contribution is 2.40. The summed E-state index contributed by atoms with van der Waals surface area (Å²) < 4.78 is 5.94. The van der Waals surface area contributed by atoms with Crippen LogP contribution in [0.3, 0.4) is 0 Å². The minimum absolute atomic E-state index is 0.121. The van der Waals surface area contributed by atoms with Gasteiger partial charge in [-0.25, -0.2) is 0 Å². The summed E-state index contributed by atoms with van der Waals surface area (Å²) in [6.45, 7) is 2.01. The number of hydrogen-bond acceptors (Lipinski definition) is 3. The molecule has 0 spiro atoms. The summed E-state index contributed by atoms with van der Waals surface area (Å²) in [6, 6.07) is 9.77. The Balaban J connectivity index is 1.95. The molecular formula is C15H15NO2. The summed E-state index contributed by atoms with van der Waals surface area (Å²) in [4.78, 5) is 4.09. The van der Waals surface area contributed by atoms with Gasteiger partial charge in [0, 0.05) is 29.9 Å². The number of hydrogen-bond donors (Lipinski definition) is 1. The van der Waals surface area contributed by atoms with Crippen LogP contribution < -0.4 is 4.74 Å². The molecule has 2 atom stereocenters. The van der Waals surface area contributed by atoms with Gasteiger partial charge in [-0.05, 0) is 25.1 Å². The van der Waals surface area contributed by atoms with E-state index in [1.54, 1.807) is 12.4 Å². The number of aryl methyl sites for hydroxylation is 1. The molecule has 0 aliphatic carbocycles. The lowest BCUT2D eigenvalue weighted by Gasteiger charge is -2.30. The van der Waals surface area contributed by atoms with Gasteiger partial charge in [0.15, 0.2) is 0 Å². The predicted octanol–water partition coefficient (Wildman–Crippen LogP) is 2.95. The zero-order valence-electron chi connectivity index (χ0n) is 10.2. The second kappa shape index (κ2) is 4.42. The van der Waals surface area contributed by atoms with Crippen LogP contribution in [0.2, 0.25) is 0 Å². The molecule has 0 amide bonds. The van der Waals surface area contributed by atoms with Gasteiger partial charge in [-0.3, -0.25) is 4.98 Å². The third-order valence-corrected chi connectivity index (χ3v) is 3.29. The molecule has 1 aliphatic rings. The number of aliphatic hydroxyl groups is 1. The largest absolute Gasteiger partial charge is 0.485 e. The maximum atomic E-state index is 10.2. The van der Waals surface area contributed by atoms with E-state index in [0.29, 0.717) is 6.42 Å². The van der Waals surface area contributed by atoms with Gasteiger partial charge in [0.25, 0.3) is 0 Å². The van der Waals surface area contributed by atoms with E-state index >= 15 is 0 Å². The van der Waals surface area contributed by atoms with E-state index in [0.717, 1.165) is 22.4 Å². The van der Waals surface area contributed by atoms with Crippen LogP contribution in [0.1, 0.15) is 35.3 Å². The van der Waals surface area contributed by atoms with E-state index in [1.165, 1.54) is 0 Å². The molecule has 0 saturated carbocycles. The standard InChI is InChI=1S/C15H15NO2/c1-10-4-5-14-12(7-10)13(17)8-15(18-14)11-3-2-6-16-9-11/h2-7,9,13,15,17H,8H2,1H3/t13-,15?/m1/s1. The van der Waals surface area contributed by atoms with E-state index in [1.807, 2.05) is 37.3 Å². The van der Waals surface area contributed by atoms with Gasteiger partial charge in [-0.1, -0.05) is 17.7 Å². The van der Waals surface area contributed by atoms with Crippen molar-refractivity contribution < 1.29 is 9.84 Å². The van der Waals surface area contributed by atoms with Crippen molar-refractivity contribution in [1.82, 2.24) is 4.98 Å². The Bertz CT molecular complexity index is 554. The van der Waals surface area contributed by atoms with Crippen molar-refractivity contribution in [2.24, 2.45) is 0 Å². The third kappa shape index (κ3) is 1.97. The smallest absolute Gasteiger partial charge is 0.128 e.